The van der Waals surface area contributed by atoms with Gasteiger partial charge in [-0.15, -0.1) is 0 Å². The van der Waals surface area contributed by atoms with Crippen LogP contribution in [0.2, 0.25) is 0 Å². The molecule has 0 atom stereocenters. The number of nitrogens with zero attached hydrogens (tertiary/aromatic N) is 1. The summed E-state index contributed by atoms with van der Waals surface area (Å²) in [4.78, 5) is 2.16. The summed E-state index contributed by atoms with van der Waals surface area (Å²) in [6, 6.07) is 16.5. The Morgan fingerprint density at radius 1 is 0.818 bits per heavy atom. The maximum Gasteiger partial charge on any atom is 0.115 e. The largest absolute Gasteiger partial charge is 0.380 e. The molecule has 2 heteroatoms. The molecule has 0 saturated carbocycles. The predicted molar refractivity (Wildman–Crippen MR) is 93.1 cm³/mol. The Balaban J connectivity index is 2.34. The molecule has 0 spiro atoms. The van der Waals surface area contributed by atoms with E-state index in [0.29, 0.717) is 0 Å². The SMILES string of the molecule is Cc1ccc(C(O)(CCCN(C)C)c2ccc(C)cc2)cc1. The number of hydrogen-bond donors (Lipinski definition) is 1. The van der Waals surface area contributed by atoms with Gasteiger partial charge in [-0.25, -0.2) is 0 Å². The Morgan fingerprint density at radius 3 is 1.59 bits per heavy atom. The first-order valence-corrected chi connectivity index (χ1v) is 7.93. The summed E-state index contributed by atoms with van der Waals surface area (Å²) in [5.74, 6) is 0. The highest BCUT2D eigenvalue weighted by atomic mass is 16.3. The Labute approximate surface area is 134 Å². The molecule has 1 N–H and O–H groups in total. The predicted octanol–water partition coefficient (Wildman–Crippen LogP) is 3.88. The van der Waals surface area contributed by atoms with Crippen molar-refractivity contribution in [2.45, 2.75) is 32.3 Å². The molecule has 0 radical (unpaired) electrons. The van der Waals surface area contributed by atoms with Crippen molar-refractivity contribution in [1.29, 1.82) is 0 Å². The van der Waals surface area contributed by atoms with Gasteiger partial charge in [0.2, 0.25) is 0 Å². The molecule has 22 heavy (non-hydrogen) atoms. The topological polar surface area (TPSA) is 23.5 Å². The van der Waals surface area contributed by atoms with Crippen molar-refractivity contribution in [3.63, 3.8) is 0 Å². The number of hydrogen-bond acceptors (Lipinski definition) is 2. The van der Waals surface area contributed by atoms with Gasteiger partial charge < -0.3 is 10.0 Å². The van der Waals surface area contributed by atoms with Gasteiger partial charge in [-0.2, -0.15) is 0 Å². The molecule has 2 rings (SSSR count). The lowest BCUT2D eigenvalue weighted by atomic mass is 9.82. The minimum Gasteiger partial charge on any atom is -0.380 e. The van der Waals surface area contributed by atoms with Crippen molar-refractivity contribution in [3.8, 4) is 0 Å². The number of benzene rings is 2. The molecular weight excluding hydrogens is 270 g/mol. The monoisotopic (exact) mass is 297 g/mol. The minimum atomic E-state index is -0.919. The fraction of sp³-hybridized carbons (Fsp3) is 0.400. The fourth-order valence-electron chi connectivity index (χ4n) is 2.77. The standard InChI is InChI=1S/C20H27NO/c1-16-6-10-18(11-7-16)20(22,14-5-15-21(3)4)19-12-8-17(2)9-13-19/h6-13,22H,5,14-15H2,1-4H3. The van der Waals surface area contributed by atoms with Gasteiger partial charge >= 0.3 is 0 Å². The van der Waals surface area contributed by atoms with Crippen LogP contribution in [0.5, 0.6) is 0 Å². The molecule has 2 aromatic rings. The molecule has 2 aromatic carbocycles. The third-order valence-electron chi connectivity index (χ3n) is 4.20. The van der Waals surface area contributed by atoms with E-state index in [0.717, 1.165) is 30.5 Å². The molecule has 0 aliphatic heterocycles. The average Bonchev–Trinajstić information content (AvgIpc) is 2.48. The molecule has 118 valence electrons. The molecular formula is C20H27NO. The lowest BCUT2D eigenvalue weighted by Crippen LogP contribution is -2.29. The van der Waals surface area contributed by atoms with Gasteiger partial charge in [-0.3, -0.25) is 0 Å². The highest BCUT2D eigenvalue weighted by molar-refractivity contribution is 5.38. The quantitative estimate of drug-likeness (QED) is 0.874. The van der Waals surface area contributed by atoms with E-state index >= 15 is 0 Å². The molecule has 0 amide bonds. The summed E-state index contributed by atoms with van der Waals surface area (Å²) < 4.78 is 0. The highest BCUT2D eigenvalue weighted by Gasteiger charge is 2.30. The zero-order valence-corrected chi connectivity index (χ0v) is 14.1. The third-order valence-corrected chi connectivity index (χ3v) is 4.20. The Morgan fingerprint density at radius 2 is 1.23 bits per heavy atom. The first-order valence-electron chi connectivity index (χ1n) is 7.93. The second-order valence-corrected chi connectivity index (χ2v) is 6.50. The maximum atomic E-state index is 11.4. The molecule has 0 saturated heterocycles. The lowest BCUT2D eigenvalue weighted by molar-refractivity contribution is 0.0664. The van der Waals surface area contributed by atoms with E-state index in [1.165, 1.54) is 11.1 Å². The van der Waals surface area contributed by atoms with Crippen molar-refractivity contribution in [1.82, 2.24) is 4.90 Å². The molecule has 0 fully saturated rings. The summed E-state index contributed by atoms with van der Waals surface area (Å²) in [7, 11) is 4.13. The van der Waals surface area contributed by atoms with Crippen LogP contribution in [0.4, 0.5) is 0 Å². The van der Waals surface area contributed by atoms with E-state index in [1.807, 2.05) is 24.3 Å². The summed E-state index contributed by atoms with van der Waals surface area (Å²) >= 11 is 0. The molecule has 0 aliphatic carbocycles. The van der Waals surface area contributed by atoms with Gasteiger partial charge in [0.05, 0.1) is 0 Å². The van der Waals surface area contributed by atoms with E-state index in [2.05, 4.69) is 57.1 Å². The average molecular weight is 297 g/mol. The normalized spacial score (nSPS) is 11.9. The summed E-state index contributed by atoms with van der Waals surface area (Å²) in [5.41, 5.74) is 3.45. The van der Waals surface area contributed by atoms with Gasteiger partial charge in [0.1, 0.15) is 5.60 Å². The highest BCUT2D eigenvalue weighted by Crippen LogP contribution is 2.34. The van der Waals surface area contributed by atoms with Crippen molar-refractivity contribution in [2.24, 2.45) is 0 Å². The number of aliphatic hydroxyl groups is 1. The van der Waals surface area contributed by atoms with Gasteiger partial charge in [-0.05, 0) is 58.5 Å². The first kappa shape index (κ1) is 16.7. The molecule has 0 unspecified atom stereocenters. The van der Waals surface area contributed by atoms with E-state index < -0.39 is 5.60 Å². The van der Waals surface area contributed by atoms with Crippen LogP contribution in [-0.2, 0) is 5.60 Å². The van der Waals surface area contributed by atoms with Crippen molar-refractivity contribution < 1.29 is 5.11 Å². The van der Waals surface area contributed by atoms with Crippen LogP contribution in [0.25, 0.3) is 0 Å². The second-order valence-electron chi connectivity index (χ2n) is 6.50. The Bertz CT molecular complexity index is 539. The zero-order chi connectivity index (χ0) is 16.2. The summed E-state index contributed by atoms with van der Waals surface area (Å²) in [5, 5.41) is 11.4. The molecule has 2 nitrogen and oxygen atoms in total. The molecule has 0 heterocycles. The van der Waals surface area contributed by atoms with Gasteiger partial charge in [0.15, 0.2) is 0 Å². The Kier molecular flexibility index (Phi) is 5.38. The minimum absolute atomic E-state index is 0.720. The Hall–Kier alpha value is -1.64. The van der Waals surface area contributed by atoms with E-state index in [-0.39, 0.29) is 0 Å². The van der Waals surface area contributed by atoms with Crippen molar-refractivity contribution in [3.05, 3.63) is 70.8 Å². The molecule has 0 aliphatic rings. The molecule has 0 aromatic heterocycles. The lowest BCUT2D eigenvalue weighted by Gasteiger charge is -2.30. The van der Waals surface area contributed by atoms with Crippen LogP contribution in [-0.4, -0.2) is 30.6 Å². The third kappa shape index (κ3) is 3.96. The van der Waals surface area contributed by atoms with E-state index in [4.69, 9.17) is 0 Å². The van der Waals surface area contributed by atoms with Crippen LogP contribution < -0.4 is 0 Å². The van der Waals surface area contributed by atoms with E-state index in [1.54, 1.807) is 0 Å². The maximum absolute atomic E-state index is 11.4. The number of rotatable bonds is 6. The fourth-order valence-corrected chi connectivity index (χ4v) is 2.77. The zero-order valence-electron chi connectivity index (χ0n) is 14.1. The van der Waals surface area contributed by atoms with Gasteiger partial charge in [-0.1, -0.05) is 59.7 Å². The first-order chi connectivity index (χ1) is 10.4. The summed E-state index contributed by atoms with van der Waals surface area (Å²) in [6.45, 7) is 5.11. The van der Waals surface area contributed by atoms with Crippen LogP contribution in [0.1, 0.15) is 35.1 Å². The smallest absolute Gasteiger partial charge is 0.115 e. The van der Waals surface area contributed by atoms with Crippen LogP contribution >= 0.6 is 0 Å². The van der Waals surface area contributed by atoms with Gasteiger partial charge in [0.25, 0.3) is 0 Å². The summed E-state index contributed by atoms with van der Waals surface area (Å²) in [6.07, 6.45) is 1.67. The van der Waals surface area contributed by atoms with Gasteiger partial charge in [0, 0.05) is 0 Å². The second kappa shape index (κ2) is 7.08. The van der Waals surface area contributed by atoms with Crippen LogP contribution in [0.3, 0.4) is 0 Å². The van der Waals surface area contributed by atoms with Crippen LogP contribution in [0, 0.1) is 13.8 Å². The van der Waals surface area contributed by atoms with Crippen molar-refractivity contribution in [2.75, 3.05) is 20.6 Å². The molecule has 0 bridgehead atoms. The van der Waals surface area contributed by atoms with Crippen LogP contribution in [0.15, 0.2) is 48.5 Å². The van der Waals surface area contributed by atoms with E-state index in [9.17, 15) is 5.11 Å². The van der Waals surface area contributed by atoms with Crippen molar-refractivity contribution >= 4 is 0 Å². The number of aryl methyl sites for hydroxylation is 2.